The molecule has 1 aliphatic heterocycles. The van der Waals surface area contributed by atoms with Crippen LogP contribution < -0.4 is 10.1 Å². The lowest BCUT2D eigenvalue weighted by atomic mass is 9.85. The van der Waals surface area contributed by atoms with E-state index >= 15 is 0 Å². The van der Waals surface area contributed by atoms with Crippen LogP contribution in [0.3, 0.4) is 0 Å². The van der Waals surface area contributed by atoms with Gasteiger partial charge >= 0.3 is 6.09 Å². The van der Waals surface area contributed by atoms with E-state index in [1.807, 2.05) is 36.4 Å². The highest BCUT2D eigenvalue weighted by molar-refractivity contribution is 6.34. The number of ether oxygens (including phenoxy) is 2. The number of nitriles is 1. The minimum absolute atomic E-state index is 0.0122. The Morgan fingerprint density at radius 3 is 2.51 bits per heavy atom. The smallest absolute Gasteiger partial charge is 0.407 e. The molecule has 4 rings (SSSR count). The molecule has 35 heavy (non-hydrogen) atoms. The van der Waals surface area contributed by atoms with E-state index in [9.17, 15) is 18.8 Å². The first-order valence-electron chi connectivity index (χ1n) is 11.0. The zero-order valence-electron chi connectivity index (χ0n) is 19.4. The molecule has 0 saturated carbocycles. The molecule has 0 spiro atoms. The maximum atomic E-state index is 15.0. The van der Waals surface area contributed by atoms with Crippen LogP contribution in [-0.4, -0.2) is 18.2 Å². The standard InChI is InChI=1S/C27H23ClF2N2O3/c1-26(2,3)35-25(33)32-15-27(17-9-5-4-6-10-17)13-18-21(34-27)12-20(30)24(28)23(18)22-16(14-31)8-7-11-19(22)29/h4-12H,13,15H2,1-3H3,(H,32,33). The molecule has 0 bridgehead atoms. The Morgan fingerprint density at radius 1 is 1.14 bits per heavy atom. The molecule has 5 nitrogen and oxygen atoms in total. The number of nitrogens with one attached hydrogen (secondary N) is 1. The number of benzene rings is 3. The second kappa shape index (κ2) is 9.20. The number of carbonyl (C=O) groups is 1. The summed E-state index contributed by atoms with van der Waals surface area (Å²) in [5, 5.41) is 12.0. The molecule has 1 N–H and O–H groups in total. The van der Waals surface area contributed by atoms with Gasteiger partial charge in [-0.05, 0) is 38.5 Å². The Hall–Kier alpha value is -3.63. The molecule has 3 aromatic rings. The Kier molecular flexibility index (Phi) is 6.44. The van der Waals surface area contributed by atoms with Gasteiger partial charge in [-0.25, -0.2) is 13.6 Å². The number of fused-ring (bicyclic) bond motifs is 1. The zero-order chi connectivity index (χ0) is 25.4. The summed E-state index contributed by atoms with van der Waals surface area (Å²) in [7, 11) is 0. The lowest BCUT2D eigenvalue weighted by molar-refractivity contribution is 0.0414. The Bertz CT molecular complexity index is 1330. The van der Waals surface area contributed by atoms with Gasteiger partial charge in [-0.3, -0.25) is 0 Å². The third-order valence-corrected chi connectivity index (χ3v) is 6.02. The number of halogens is 3. The first-order chi connectivity index (χ1) is 16.5. The molecule has 1 amide bonds. The topological polar surface area (TPSA) is 71.3 Å². The first-order valence-corrected chi connectivity index (χ1v) is 11.3. The molecule has 180 valence electrons. The molecule has 1 atom stereocenters. The van der Waals surface area contributed by atoms with E-state index in [0.717, 1.165) is 6.07 Å². The highest BCUT2D eigenvalue weighted by Gasteiger charge is 2.44. The van der Waals surface area contributed by atoms with E-state index in [4.69, 9.17) is 21.1 Å². The van der Waals surface area contributed by atoms with Crippen LogP contribution in [0.5, 0.6) is 5.75 Å². The lowest BCUT2D eigenvalue weighted by Gasteiger charge is -2.30. The average Bonchev–Trinajstić information content (AvgIpc) is 3.18. The highest BCUT2D eigenvalue weighted by Crippen LogP contribution is 2.49. The number of rotatable bonds is 4. The van der Waals surface area contributed by atoms with Crippen LogP contribution in [0.2, 0.25) is 5.02 Å². The normalized spacial score (nSPS) is 16.7. The zero-order valence-corrected chi connectivity index (χ0v) is 20.2. The molecule has 0 fully saturated rings. The van der Waals surface area contributed by atoms with Gasteiger partial charge in [0.15, 0.2) is 5.60 Å². The van der Waals surface area contributed by atoms with Gasteiger partial charge in [0.25, 0.3) is 0 Å². The van der Waals surface area contributed by atoms with Crippen LogP contribution in [0.1, 0.15) is 37.5 Å². The van der Waals surface area contributed by atoms with Crippen molar-refractivity contribution in [1.82, 2.24) is 5.32 Å². The summed E-state index contributed by atoms with van der Waals surface area (Å²) in [4.78, 5) is 12.4. The summed E-state index contributed by atoms with van der Waals surface area (Å²) in [6.07, 6.45) is -0.505. The van der Waals surface area contributed by atoms with Gasteiger partial charge in [-0.15, -0.1) is 0 Å². The van der Waals surface area contributed by atoms with Gasteiger partial charge in [0.05, 0.1) is 23.2 Å². The number of hydrogen-bond donors (Lipinski definition) is 1. The summed E-state index contributed by atoms with van der Waals surface area (Å²) in [6.45, 7) is 5.24. The third kappa shape index (κ3) is 4.80. The SMILES string of the molecule is CC(C)(C)OC(=O)NCC1(c2ccccc2)Cc2c(cc(F)c(Cl)c2-c2c(F)cccc2C#N)O1. The van der Waals surface area contributed by atoms with E-state index in [1.165, 1.54) is 18.2 Å². The number of hydrogen-bond acceptors (Lipinski definition) is 4. The van der Waals surface area contributed by atoms with Crippen LogP contribution in [0, 0.1) is 23.0 Å². The number of nitrogens with zero attached hydrogens (tertiary/aromatic N) is 1. The maximum absolute atomic E-state index is 15.0. The summed E-state index contributed by atoms with van der Waals surface area (Å²) >= 11 is 6.36. The number of carbonyl (C=O) groups excluding carboxylic acids is 1. The van der Waals surface area contributed by atoms with Crippen LogP contribution >= 0.6 is 11.6 Å². The highest BCUT2D eigenvalue weighted by atomic mass is 35.5. The molecule has 0 aliphatic carbocycles. The van der Waals surface area contributed by atoms with E-state index in [0.29, 0.717) is 11.1 Å². The fourth-order valence-electron chi connectivity index (χ4n) is 4.20. The second-order valence-electron chi connectivity index (χ2n) is 9.29. The van der Waals surface area contributed by atoms with Crippen molar-refractivity contribution >= 4 is 17.7 Å². The van der Waals surface area contributed by atoms with Crippen molar-refractivity contribution in [3.63, 3.8) is 0 Å². The van der Waals surface area contributed by atoms with Gasteiger partial charge < -0.3 is 14.8 Å². The maximum Gasteiger partial charge on any atom is 0.407 e. The fraction of sp³-hybridized carbons (Fsp3) is 0.259. The largest absolute Gasteiger partial charge is 0.480 e. The van der Waals surface area contributed by atoms with Gasteiger partial charge in [-0.2, -0.15) is 5.26 Å². The third-order valence-electron chi connectivity index (χ3n) is 5.65. The molecule has 3 aromatic carbocycles. The van der Waals surface area contributed by atoms with Gasteiger partial charge in [-0.1, -0.05) is 48.0 Å². The van der Waals surface area contributed by atoms with Crippen LogP contribution in [0.25, 0.3) is 11.1 Å². The monoisotopic (exact) mass is 496 g/mol. The summed E-state index contributed by atoms with van der Waals surface area (Å²) in [5.41, 5.74) is -0.717. The molecule has 0 aromatic heterocycles. The van der Waals surface area contributed by atoms with Gasteiger partial charge in [0.2, 0.25) is 0 Å². The molecule has 0 saturated heterocycles. The predicted molar refractivity (Wildman–Crippen MR) is 128 cm³/mol. The van der Waals surface area contributed by atoms with Crippen molar-refractivity contribution in [3.05, 3.63) is 87.9 Å². The van der Waals surface area contributed by atoms with E-state index < -0.39 is 28.9 Å². The average molecular weight is 497 g/mol. The molecule has 1 heterocycles. The van der Waals surface area contributed by atoms with E-state index in [-0.39, 0.29) is 40.4 Å². The van der Waals surface area contributed by atoms with Crippen molar-refractivity contribution in [3.8, 4) is 22.9 Å². The lowest BCUT2D eigenvalue weighted by Crippen LogP contribution is -2.45. The van der Waals surface area contributed by atoms with Crippen molar-refractivity contribution in [2.75, 3.05) is 6.54 Å². The Balaban J connectivity index is 1.83. The van der Waals surface area contributed by atoms with E-state index in [2.05, 4.69) is 5.32 Å². The Labute approximate surface area is 207 Å². The van der Waals surface area contributed by atoms with E-state index in [1.54, 1.807) is 20.8 Å². The number of amides is 1. The quantitative estimate of drug-likeness (QED) is 0.447. The van der Waals surface area contributed by atoms with Crippen molar-refractivity contribution in [1.29, 1.82) is 5.26 Å². The van der Waals surface area contributed by atoms with Crippen molar-refractivity contribution in [2.24, 2.45) is 0 Å². The molecular weight excluding hydrogens is 474 g/mol. The van der Waals surface area contributed by atoms with Crippen molar-refractivity contribution < 1.29 is 23.0 Å². The summed E-state index contributed by atoms with van der Waals surface area (Å²) < 4.78 is 41.6. The van der Waals surface area contributed by atoms with Gasteiger partial charge in [0.1, 0.15) is 23.0 Å². The minimum atomic E-state index is -1.15. The van der Waals surface area contributed by atoms with Crippen LogP contribution in [0.15, 0.2) is 54.6 Å². The molecular formula is C27H23ClF2N2O3. The van der Waals surface area contributed by atoms with Gasteiger partial charge in [0, 0.05) is 29.2 Å². The molecule has 1 aliphatic rings. The minimum Gasteiger partial charge on any atom is -0.480 e. The summed E-state index contributed by atoms with van der Waals surface area (Å²) in [5.74, 6) is -1.36. The fourth-order valence-corrected chi connectivity index (χ4v) is 4.47. The molecule has 8 heteroatoms. The molecule has 1 unspecified atom stereocenters. The molecule has 0 radical (unpaired) electrons. The second-order valence-corrected chi connectivity index (χ2v) is 9.67. The summed E-state index contributed by atoms with van der Waals surface area (Å²) in [6, 6.07) is 16.2. The van der Waals surface area contributed by atoms with Crippen LogP contribution in [-0.2, 0) is 16.8 Å². The number of alkyl carbamates (subject to hydrolysis) is 1. The van der Waals surface area contributed by atoms with Crippen molar-refractivity contribution in [2.45, 2.75) is 38.4 Å². The Morgan fingerprint density at radius 2 is 1.86 bits per heavy atom. The van der Waals surface area contributed by atoms with Crippen LogP contribution in [0.4, 0.5) is 13.6 Å². The predicted octanol–water partition coefficient (Wildman–Crippen LogP) is 6.51. The first kappa shape index (κ1) is 24.5.